The van der Waals surface area contributed by atoms with Crippen LogP contribution in [0.25, 0.3) is 6.08 Å². The van der Waals surface area contributed by atoms with Crippen molar-refractivity contribution in [2.24, 2.45) is 0 Å². The van der Waals surface area contributed by atoms with E-state index in [0.29, 0.717) is 0 Å². The lowest BCUT2D eigenvalue weighted by Crippen LogP contribution is -1.82. The maximum Gasteiger partial charge on any atom is 0.00833 e. The van der Waals surface area contributed by atoms with Gasteiger partial charge in [-0.2, -0.15) is 0 Å². The number of hydrogen-bond acceptors (Lipinski definition) is 0. The largest absolute Gasteiger partial charge is 0.0985 e. The first kappa shape index (κ1) is 7.29. The molecule has 0 bridgehead atoms. The Morgan fingerprint density at radius 3 is 2.90 bits per heavy atom. The van der Waals surface area contributed by atoms with Crippen LogP contribution in [0.5, 0.6) is 0 Å². The van der Waals surface area contributed by atoms with Crippen LogP contribution in [0.3, 0.4) is 0 Å². The van der Waals surface area contributed by atoms with Gasteiger partial charge in [0.25, 0.3) is 0 Å². The van der Waals surface area contributed by atoms with Crippen LogP contribution in [0.1, 0.15) is 11.1 Å². The fourth-order valence-corrected chi connectivity index (χ4v) is 1.38. The van der Waals surface area contributed by atoms with Crippen LogP contribution in [0.2, 0.25) is 0 Å². The van der Waals surface area contributed by atoms with Crippen LogP contribution in [0, 0.1) is 0 Å². The SMILES string of the molecule is C=Cc1cccc(C[SiH3])c1. The zero-order chi connectivity index (χ0) is 7.40. The van der Waals surface area contributed by atoms with Crippen molar-refractivity contribution >= 4 is 16.3 Å². The molecule has 0 unspecified atom stereocenters. The first-order chi connectivity index (χ1) is 4.86. The van der Waals surface area contributed by atoms with Gasteiger partial charge in [0.15, 0.2) is 0 Å². The van der Waals surface area contributed by atoms with Crippen molar-refractivity contribution in [1.82, 2.24) is 0 Å². The van der Waals surface area contributed by atoms with Gasteiger partial charge >= 0.3 is 0 Å². The van der Waals surface area contributed by atoms with Crippen molar-refractivity contribution in [3.05, 3.63) is 42.0 Å². The van der Waals surface area contributed by atoms with Crippen LogP contribution in [0.4, 0.5) is 0 Å². The maximum absolute atomic E-state index is 3.72. The van der Waals surface area contributed by atoms with Crippen molar-refractivity contribution in [2.45, 2.75) is 6.04 Å². The maximum atomic E-state index is 3.72. The van der Waals surface area contributed by atoms with E-state index in [0.717, 1.165) is 0 Å². The Bertz CT molecular complexity index is 228. The van der Waals surface area contributed by atoms with E-state index in [1.807, 2.05) is 6.08 Å². The van der Waals surface area contributed by atoms with E-state index >= 15 is 0 Å². The average Bonchev–Trinajstić information content (AvgIpc) is 2.05. The van der Waals surface area contributed by atoms with Gasteiger partial charge in [0.1, 0.15) is 0 Å². The van der Waals surface area contributed by atoms with Gasteiger partial charge < -0.3 is 0 Å². The summed E-state index contributed by atoms with van der Waals surface area (Å²) >= 11 is 0. The summed E-state index contributed by atoms with van der Waals surface area (Å²) < 4.78 is 0. The second-order valence-corrected chi connectivity index (χ2v) is 3.01. The molecule has 0 aliphatic heterocycles. The molecule has 1 aromatic rings. The highest BCUT2D eigenvalue weighted by molar-refractivity contribution is 6.08. The predicted molar refractivity (Wildman–Crippen MR) is 50.2 cm³/mol. The zero-order valence-electron chi connectivity index (χ0n) is 6.30. The minimum atomic E-state index is 1.23. The fraction of sp³-hybridized carbons (Fsp3) is 0.111. The van der Waals surface area contributed by atoms with E-state index in [-0.39, 0.29) is 0 Å². The molecule has 0 heterocycles. The highest BCUT2D eigenvalue weighted by Gasteiger charge is 1.87. The molecular weight excluding hydrogens is 136 g/mol. The lowest BCUT2D eigenvalue weighted by atomic mass is 10.1. The first-order valence-corrected chi connectivity index (χ1v) is 4.99. The summed E-state index contributed by atoms with van der Waals surface area (Å²) in [5.41, 5.74) is 2.66. The first-order valence-electron chi connectivity index (χ1n) is 3.58. The second kappa shape index (κ2) is 3.37. The van der Waals surface area contributed by atoms with E-state index in [2.05, 4.69) is 30.8 Å². The Hall–Kier alpha value is -0.823. The number of rotatable bonds is 2. The Morgan fingerprint density at radius 2 is 2.30 bits per heavy atom. The Labute approximate surface area is 65.0 Å². The summed E-state index contributed by atoms with van der Waals surface area (Å²) in [5.74, 6) is 0. The van der Waals surface area contributed by atoms with Crippen molar-refractivity contribution < 1.29 is 0 Å². The molecule has 1 aromatic carbocycles. The summed E-state index contributed by atoms with van der Waals surface area (Å²) in [5, 5.41) is 0. The highest BCUT2D eigenvalue weighted by atomic mass is 28.1. The molecule has 0 aliphatic carbocycles. The van der Waals surface area contributed by atoms with Crippen LogP contribution >= 0.6 is 0 Å². The molecule has 0 saturated carbocycles. The molecule has 0 fully saturated rings. The van der Waals surface area contributed by atoms with Gasteiger partial charge in [0.05, 0.1) is 0 Å². The Morgan fingerprint density at radius 1 is 1.50 bits per heavy atom. The van der Waals surface area contributed by atoms with E-state index in [4.69, 9.17) is 0 Å². The minimum Gasteiger partial charge on any atom is -0.0985 e. The predicted octanol–water partition coefficient (Wildman–Crippen LogP) is 1.19. The molecule has 0 aliphatic rings. The van der Waals surface area contributed by atoms with Crippen LogP contribution in [-0.4, -0.2) is 10.2 Å². The summed E-state index contributed by atoms with van der Waals surface area (Å²) in [4.78, 5) is 0. The third-order valence-corrected chi connectivity index (χ3v) is 2.41. The number of benzene rings is 1. The van der Waals surface area contributed by atoms with Gasteiger partial charge in [-0.3, -0.25) is 0 Å². The van der Waals surface area contributed by atoms with Gasteiger partial charge in [0, 0.05) is 10.2 Å². The summed E-state index contributed by atoms with van der Waals surface area (Å²) in [6.07, 6.45) is 1.89. The van der Waals surface area contributed by atoms with E-state index in [9.17, 15) is 0 Å². The lowest BCUT2D eigenvalue weighted by Gasteiger charge is -1.96. The molecule has 1 rings (SSSR count). The zero-order valence-corrected chi connectivity index (χ0v) is 8.30. The molecule has 0 radical (unpaired) electrons. The lowest BCUT2D eigenvalue weighted by molar-refractivity contribution is 1.39. The quantitative estimate of drug-likeness (QED) is 0.553. The van der Waals surface area contributed by atoms with Crippen molar-refractivity contribution in [3.63, 3.8) is 0 Å². The monoisotopic (exact) mass is 148 g/mol. The van der Waals surface area contributed by atoms with Gasteiger partial charge in [-0.25, -0.2) is 0 Å². The summed E-state index contributed by atoms with van der Waals surface area (Å²) in [7, 11) is 1.24. The molecule has 0 spiro atoms. The molecule has 1 heteroatoms. The molecular formula is C9H12Si. The number of hydrogen-bond donors (Lipinski definition) is 0. The van der Waals surface area contributed by atoms with Crippen molar-refractivity contribution in [2.75, 3.05) is 0 Å². The fourth-order valence-electron chi connectivity index (χ4n) is 0.940. The molecule has 0 nitrogen and oxygen atoms in total. The minimum absolute atomic E-state index is 1.23. The van der Waals surface area contributed by atoms with Gasteiger partial charge in [-0.1, -0.05) is 42.5 Å². The highest BCUT2D eigenvalue weighted by Crippen LogP contribution is 2.05. The smallest absolute Gasteiger partial charge is 0.00833 e. The molecule has 0 saturated heterocycles. The van der Waals surface area contributed by atoms with E-state index in [1.165, 1.54) is 27.4 Å². The third kappa shape index (κ3) is 1.58. The Kier molecular flexibility index (Phi) is 2.46. The van der Waals surface area contributed by atoms with Gasteiger partial charge in [0.2, 0.25) is 0 Å². The topological polar surface area (TPSA) is 0 Å². The van der Waals surface area contributed by atoms with E-state index in [1.54, 1.807) is 0 Å². The van der Waals surface area contributed by atoms with Crippen LogP contribution in [0.15, 0.2) is 30.8 Å². The Balaban J connectivity index is 2.98. The normalized spacial score (nSPS) is 9.60. The molecule has 0 atom stereocenters. The molecule has 10 heavy (non-hydrogen) atoms. The van der Waals surface area contributed by atoms with Crippen LogP contribution < -0.4 is 0 Å². The average molecular weight is 148 g/mol. The molecule has 52 valence electrons. The molecule has 0 amide bonds. The standard InChI is InChI=1S/C9H12Si/c1-2-8-4-3-5-9(6-8)7-10/h2-6H,1,7H2,10H3. The second-order valence-electron chi connectivity index (χ2n) is 2.30. The molecule has 0 aromatic heterocycles. The summed E-state index contributed by atoms with van der Waals surface area (Å²) in [6, 6.07) is 9.76. The van der Waals surface area contributed by atoms with Gasteiger partial charge in [-0.15, -0.1) is 0 Å². The van der Waals surface area contributed by atoms with E-state index < -0.39 is 0 Å². The third-order valence-electron chi connectivity index (χ3n) is 1.59. The van der Waals surface area contributed by atoms with Gasteiger partial charge in [-0.05, 0) is 11.6 Å². The summed E-state index contributed by atoms with van der Waals surface area (Å²) in [6.45, 7) is 3.72. The van der Waals surface area contributed by atoms with Crippen molar-refractivity contribution in [3.8, 4) is 0 Å². The molecule has 0 N–H and O–H groups in total. The van der Waals surface area contributed by atoms with Crippen LogP contribution in [-0.2, 0) is 6.04 Å². The van der Waals surface area contributed by atoms with Crippen molar-refractivity contribution in [1.29, 1.82) is 0 Å².